The van der Waals surface area contributed by atoms with Gasteiger partial charge in [0.25, 0.3) is 0 Å². The Balaban J connectivity index is 0.000000143. The third kappa shape index (κ3) is 21.0. The fraction of sp³-hybridized carbons (Fsp3) is 0.445. The second-order valence-corrected chi connectivity index (χ2v) is 49.9. The van der Waals surface area contributed by atoms with Gasteiger partial charge in [0, 0.05) is 99.7 Å². The number of Topliss-reactive ketones (excluding diaryl/α,β-unsaturated/α-hetero) is 1. The number of nitrogens with zero attached hydrogens (tertiary/aromatic N) is 2. The van der Waals surface area contributed by atoms with Crippen molar-refractivity contribution in [2.75, 3.05) is 29.2 Å². The highest BCUT2D eigenvalue weighted by Gasteiger charge is 2.75. The first-order chi connectivity index (χ1) is 69.0. The van der Waals surface area contributed by atoms with Crippen molar-refractivity contribution in [2.45, 2.75) is 286 Å². The molecule has 8 fully saturated rings. The molecular formula is C119H133Cl6F3N8O10. The van der Waals surface area contributed by atoms with Crippen LogP contribution in [0.3, 0.4) is 0 Å². The van der Waals surface area contributed by atoms with Crippen molar-refractivity contribution in [3.63, 3.8) is 0 Å². The molecular weight excluding hydrogens is 1970 g/mol. The molecule has 10 aromatic carbocycles. The Morgan fingerprint density at radius 2 is 0.897 bits per heavy atom. The fourth-order valence-electron chi connectivity index (χ4n) is 26.2. The van der Waals surface area contributed by atoms with Crippen molar-refractivity contribution in [1.29, 1.82) is 0 Å². The lowest BCUT2D eigenvalue weighted by atomic mass is 9.61. The highest BCUT2D eigenvalue weighted by molar-refractivity contribution is 6.33. The van der Waals surface area contributed by atoms with E-state index in [9.17, 15) is 29.4 Å². The first kappa shape index (κ1) is 108. The lowest BCUT2D eigenvalue weighted by molar-refractivity contribution is -0.176. The fourth-order valence-corrected chi connectivity index (χ4v) is 27.2. The Morgan fingerprint density at radius 3 is 1.32 bits per heavy atom. The number of benzene rings is 10. The van der Waals surface area contributed by atoms with Crippen LogP contribution in [0.5, 0.6) is 0 Å². The van der Waals surface area contributed by atoms with Crippen LogP contribution in [0.2, 0.25) is 30.1 Å². The number of cyclic esters (lactones) is 1. The molecule has 16 atom stereocenters. The van der Waals surface area contributed by atoms with Gasteiger partial charge in [-0.25, -0.2) is 13.2 Å². The standard InChI is InChI=1S/C43H46Cl2FN3O3.C37H33Cl2FN2O3.C29H33Cl2FN2O3.C6H13N.C4H8O/c1-41(2,3)24-33-43(30-20-19-27(44)21-32(30)48-40(43)52)34(29-17-12-18-31(45)35(29)46)37(39(51)47-28-22-42(4,5)23-28)49(33)36(25-13-8-6-9-14-25)38(50)26-15-10-7-11-16-26;1-36(2,3)20-28-37(25-18-17-23(38)19-27(25)41-35(37)44)29(24-15-10-16-26(39)30(24)40)32-34(43)45-33(22-13-8-5-9-14-22)31(42(28)32)21-11-6-4-7-12-21;1-27(2,3)14-22-29(18-9-8-16(30)11-20(18)33-26(29)36)23(17-6-5-7-19(31)24(17)32)25(34-22)21(35)10-15-12-28(4,37)13-15;1-6(2)3-5(7)4-6;1-2-4-5-3-1/h6-21,28,33-34,36-38,50H,22-24H2,1-5H3,(H,47,51)(H,48,52);4-19,28-29,31-33H,20H2,1-3H3,(H,41,44);5-9,11,15,22-23,25,34,37H,10,12-14H2,1-4H3,(H,33,36);5H,3-4,7H2,1-2H3;1-4H2/t33-,34+,36-,37-,38?,43+;28-,29+,31-,32-,33+,37+;15?,22-,23+,25+,28?,29+;;/m111../s1. The van der Waals surface area contributed by atoms with E-state index in [-0.39, 0.29) is 101 Å². The van der Waals surface area contributed by atoms with Crippen LogP contribution in [0.25, 0.3) is 0 Å². The van der Waals surface area contributed by atoms with Crippen molar-refractivity contribution in [3.05, 3.63) is 334 Å². The number of ether oxygens (including phenoxy) is 2. The summed E-state index contributed by atoms with van der Waals surface area (Å²) in [5, 5.41) is 40.0. The summed E-state index contributed by atoms with van der Waals surface area (Å²) in [5.74, 6) is -6.58. The molecule has 0 aromatic heterocycles. The van der Waals surface area contributed by atoms with Crippen LogP contribution in [0.1, 0.15) is 272 Å². The number of esters is 1. The van der Waals surface area contributed by atoms with E-state index in [4.69, 9.17) is 84.8 Å². The molecule has 10 aromatic rings. The second kappa shape index (κ2) is 42.0. The number of rotatable bonds is 17. The number of ketones is 1. The Bertz CT molecular complexity index is 6510. The summed E-state index contributed by atoms with van der Waals surface area (Å²) >= 11 is 38.4. The smallest absolute Gasteiger partial charge is 0.324 e. The molecule has 0 radical (unpaired) electrons. The summed E-state index contributed by atoms with van der Waals surface area (Å²) in [5.41, 5.74) is 7.92. The van der Waals surface area contributed by atoms with Crippen LogP contribution < -0.4 is 32.3 Å². The molecule has 5 saturated heterocycles. The quantitative estimate of drug-likeness (QED) is 0.0395. The first-order valence-electron chi connectivity index (χ1n) is 50.9. The third-order valence-electron chi connectivity index (χ3n) is 31.5. The number of carbonyl (C=O) groups is 6. The Morgan fingerprint density at radius 1 is 0.486 bits per heavy atom. The minimum Gasteiger partial charge on any atom is -0.454 e. The summed E-state index contributed by atoms with van der Waals surface area (Å²) < 4.78 is 60.2. The van der Waals surface area contributed by atoms with Gasteiger partial charge in [-0.3, -0.25) is 38.6 Å². The van der Waals surface area contributed by atoms with Crippen LogP contribution >= 0.6 is 69.6 Å². The maximum Gasteiger partial charge on any atom is 0.324 e. The monoisotopic (exact) mass is 2100 g/mol. The minimum absolute atomic E-state index is 0.0512. The average Bonchev–Trinajstić information content (AvgIpc) is 1.51. The van der Waals surface area contributed by atoms with E-state index in [0.717, 1.165) is 42.7 Å². The number of anilines is 3. The minimum atomic E-state index is -1.50. The second-order valence-electron chi connectivity index (χ2n) is 47.4. The van der Waals surface area contributed by atoms with E-state index in [1.54, 1.807) is 79.7 Å². The summed E-state index contributed by atoms with van der Waals surface area (Å²) in [7, 11) is 0. The number of nitrogens with two attached hydrogens (primary N) is 1. The van der Waals surface area contributed by atoms with Gasteiger partial charge >= 0.3 is 5.97 Å². The molecule has 4 amide bonds. The van der Waals surface area contributed by atoms with E-state index in [1.165, 1.54) is 43.9 Å². The normalized spacial score (nSPS) is 28.1. The van der Waals surface area contributed by atoms with Crippen LogP contribution in [-0.4, -0.2) is 123 Å². The molecule has 146 heavy (non-hydrogen) atoms. The molecule has 9 N–H and O–H groups in total. The van der Waals surface area contributed by atoms with Gasteiger partial charge in [0.2, 0.25) is 23.6 Å². The SMILES string of the molecule is C1CCOC1.CC(C)(C)C[C@H]1N([C@H](c2ccccc2)C(O)c2ccccc2)[C@@H](C(=O)NC2CC(C)(C)C2)[C@H](c2cccc(Cl)c2F)[C@@]12C(=O)Nc1cc(Cl)ccc12.CC(C)(C)C[C@H]1N2[C@H](c3ccccc3)[C@H](c3ccccc3)OC(=O)[C@H]2[C@H](c2cccc(Cl)c2F)[C@@]12C(=O)Nc1cc(Cl)ccc12.CC(C)(C)C[C@H]1N[C@@H](C(=O)CC2CC(C)(O)C2)[C@H](c2cccc(Cl)c2F)[C@@]12C(=O)Nc1cc(Cl)ccc12.CC1(C)CC(N)C1. The molecule has 3 saturated carbocycles. The van der Waals surface area contributed by atoms with Crippen molar-refractivity contribution in [2.24, 2.45) is 38.7 Å². The van der Waals surface area contributed by atoms with Crippen LogP contribution in [0, 0.1) is 50.4 Å². The van der Waals surface area contributed by atoms with Crippen molar-refractivity contribution in [1.82, 2.24) is 20.4 Å². The van der Waals surface area contributed by atoms with Crippen LogP contribution in [0.4, 0.5) is 30.2 Å². The van der Waals surface area contributed by atoms with E-state index < -0.39 is 124 Å². The molecule has 8 heterocycles. The Hall–Kier alpha value is -9.53. The topological polar surface area (TPSA) is 254 Å². The number of aliphatic hydroxyl groups excluding tert-OH is 1. The zero-order valence-electron chi connectivity index (χ0n) is 85.1. The number of likely N-dealkylation sites (tertiary alicyclic amines) is 1. The maximum absolute atomic E-state index is 16.8. The first-order valence-corrected chi connectivity index (χ1v) is 53.2. The van der Waals surface area contributed by atoms with Gasteiger partial charge in [-0.05, 0) is 221 Å². The predicted molar refractivity (Wildman–Crippen MR) is 573 cm³/mol. The van der Waals surface area contributed by atoms with Crippen molar-refractivity contribution >= 4 is 122 Å². The summed E-state index contributed by atoms with van der Waals surface area (Å²) in [6.07, 6.45) is 7.61. The lowest BCUT2D eigenvalue weighted by Crippen LogP contribution is -2.56. The number of nitrogens with one attached hydrogen (secondary N) is 5. The number of carbonyl (C=O) groups excluding carboxylic acids is 6. The summed E-state index contributed by atoms with van der Waals surface area (Å²) in [6, 6.07) is 63.2. The zero-order chi connectivity index (χ0) is 105. The highest BCUT2D eigenvalue weighted by atomic mass is 35.5. The van der Waals surface area contributed by atoms with Gasteiger partial charge in [-0.15, -0.1) is 0 Å². The number of hydrogen-bond donors (Lipinski definition) is 8. The number of morpholine rings is 1. The molecule has 772 valence electrons. The van der Waals surface area contributed by atoms with Gasteiger partial charge < -0.3 is 52.0 Å². The lowest BCUT2D eigenvalue weighted by Gasteiger charge is -2.47. The highest BCUT2D eigenvalue weighted by Crippen LogP contribution is 2.68. The number of amides is 4. The van der Waals surface area contributed by atoms with Gasteiger partial charge in [-0.2, -0.15) is 0 Å². The van der Waals surface area contributed by atoms with Gasteiger partial charge in [0.1, 0.15) is 45.8 Å². The van der Waals surface area contributed by atoms with Crippen LogP contribution in [0.15, 0.2) is 231 Å². The van der Waals surface area contributed by atoms with Crippen LogP contribution in [-0.2, 0) is 54.5 Å². The largest absolute Gasteiger partial charge is 0.454 e. The third-order valence-corrected chi connectivity index (χ3v) is 33.1. The van der Waals surface area contributed by atoms with E-state index in [0.29, 0.717) is 97.9 Å². The molecule has 1 unspecified atom stereocenters. The van der Waals surface area contributed by atoms with Crippen molar-refractivity contribution < 1.29 is 61.6 Å². The summed E-state index contributed by atoms with van der Waals surface area (Å²) in [4.78, 5) is 92.1. The molecule has 21 rings (SSSR count). The van der Waals surface area contributed by atoms with E-state index >= 15 is 22.8 Å². The van der Waals surface area contributed by atoms with E-state index in [2.05, 4.69) is 121 Å². The Labute approximate surface area is 885 Å². The summed E-state index contributed by atoms with van der Waals surface area (Å²) in [6.45, 7) is 31.5. The molecule has 18 nitrogen and oxygen atoms in total. The molecule has 27 heteroatoms. The molecule has 3 aliphatic carbocycles. The predicted octanol–water partition coefficient (Wildman–Crippen LogP) is 25.9. The molecule has 11 aliphatic rings. The molecule has 8 aliphatic heterocycles. The maximum atomic E-state index is 16.8. The number of aliphatic hydroxyl groups is 2. The number of hydrogen-bond acceptors (Lipinski definition) is 14. The average molecular weight is 2110 g/mol. The molecule has 3 spiro atoms. The van der Waals surface area contributed by atoms with Gasteiger partial charge in [0.15, 0.2) is 5.78 Å². The van der Waals surface area contributed by atoms with Crippen molar-refractivity contribution in [3.8, 4) is 0 Å². The molecule has 0 bridgehead atoms. The Kier molecular flexibility index (Phi) is 31.0. The number of halogens is 9. The van der Waals surface area contributed by atoms with Gasteiger partial charge in [0.05, 0.1) is 50.9 Å². The van der Waals surface area contributed by atoms with Gasteiger partial charge in [-0.1, -0.05) is 336 Å². The number of fused-ring (bicyclic) bond motifs is 7. The zero-order valence-corrected chi connectivity index (χ0v) is 89.6. The van der Waals surface area contributed by atoms with E-state index in [1.807, 2.05) is 144 Å².